The van der Waals surface area contributed by atoms with Gasteiger partial charge in [-0.15, -0.1) is 10.2 Å². The topological polar surface area (TPSA) is 84.1 Å². The second-order valence-electron chi connectivity index (χ2n) is 5.04. The molecule has 0 atom stereocenters. The predicted octanol–water partition coefficient (Wildman–Crippen LogP) is 0.632. The zero-order valence-corrected chi connectivity index (χ0v) is 12.3. The highest BCUT2D eigenvalue weighted by atomic mass is 79.9. The molecule has 1 saturated heterocycles. The van der Waals surface area contributed by atoms with E-state index >= 15 is 0 Å². The van der Waals surface area contributed by atoms with Gasteiger partial charge in [0.15, 0.2) is 11.5 Å². The third kappa shape index (κ3) is 2.44. The number of hydrogen-bond acceptors (Lipinski definition) is 5. The first-order valence-corrected chi connectivity index (χ1v) is 6.80. The molecule has 0 aromatic carbocycles. The summed E-state index contributed by atoms with van der Waals surface area (Å²) in [4.78, 5) is 13.6. The third-order valence-electron chi connectivity index (χ3n) is 3.01. The van der Waals surface area contributed by atoms with Crippen LogP contribution in [0.1, 0.15) is 17.4 Å². The number of β-amino-alcohol motifs (C(OH)–C–C–N with tert-alkyl or cyclic N) is 1. The van der Waals surface area contributed by atoms with Gasteiger partial charge in [-0.25, -0.2) is 4.68 Å². The quantitative estimate of drug-likeness (QED) is 0.868. The number of likely N-dealkylation sites (tertiary alicyclic amines) is 1. The lowest BCUT2D eigenvalue weighted by Crippen LogP contribution is -2.61. The minimum Gasteiger partial charge on any atom is -0.386 e. The van der Waals surface area contributed by atoms with Crippen LogP contribution in [0.5, 0.6) is 0 Å². The average molecular weight is 338 g/mol. The number of aromatic nitrogens is 4. The first-order chi connectivity index (χ1) is 9.44. The third-order valence-corrected chi connectivity index (χ3v) is 3.42. The normalized spacial score (nSPS) is 16.9. The Morgan fingerprint density at radius 1 is 1.40 bits per heavy atom. The number of aliphatic hydroxyl groups is 1. The molecule has 0 saturated carbocycles. The minimum absolute atomic E-state index is 0.225. The maximum atomic E-state index is 12.0. The molecule has 0 aliphatic carbocycles. The van der Waals surface area contributed by atoms with E-state index in [2.05, 4.69) is 31.2 Å². The Hall–Kier alpha value is -1.80. The summed E-state index contributed by atoms with van der Waals surface area (Å²) in [6, 6.07) is 3.28. The van der Waals surface area contributed by atoms with E-state index in [1.54, 1.807) is 36.1 Å². The van der Waals surface area contributed by atoms with Crippen molar-refractivity contribution >= 4 is 21.8 Å². The van der Waals surface area contributed by atoms with Crippen LogP contribution in [0.25, 0.3) is 5.82 Å². The van der Waals surface area contributed by atoms with Crippen LogP contribution in [0.15, 0.2) is 29.0 Å². The summed E-state index contributed by atoms with van der Waals surface area (Å²) in [5, 5.41) is 21.6. The fraction of sp³-hybridized carbons (Fsp3) is 0.333. The van der Waals surface area contributed by atoms with Gasteiger partial charge in [-0.3, -0.25) is 4.79 Å². The molecule has 1 fully saturated rings. The Kier molecular flexibility index (Phi) is 3.06. The highest BCUT2D eigenvalue weighted by Crippen LogP contribution is 2.21. The molecule has 1 amide bonds. The average Bonchev–Trinajstić information content (AvgIpc) is 2.82. The van der Waals surface area contributed by atoms with Gasteiger partial charge in [-0.2, -0.15) is 5.10 Å². The summed E-state index contributed by atoms with van der Waals surface area (Å²) < 4.78 is 2.39. The molecule has 1 N–H and O–H groups in total. The largest absolute Gasteiger partial charge is 0.386 e. The van der Waals surface area contributed by atoms with Gasteiger partial charge >= 0.3 is 0 Å². The summed E-state index contributed by atoms with van der Waals surface area (Å²) >= 11 is 3.30. The second kappa shape index (κ2) is 4.64. The van der Waals surface area contributed by atoms with Crippen molar-refractivity contribution in [2.24, 2.45) is 0 Å². The van der Waals surface area contributed by atoms with Crippen LogP contribution >= 0.6 is 15.9 Å². The van der Waals surface area contributed by atoms with E-state index in [9.17, 15) is 9.90 Å². The lowest BCUT2D eigenvalue weighted by atomic mass is 9.96. The van der Waals surface area contributed by atoms with Crippen molar-refractivity contribution in [3.05, 3.63) is 34.7 Å². The lowest BCUT2D eigenvalue weighted by Gasteiger charge is -2.43. The Labute approximate surface area is 123 Å². The van der Waals surface area contributed by atoms with Crippen molar-refractivity contribution in [2.75, 3.05) is 13.1 Å². The summed E-state index contributed by atoms with van der Waals surface area (Å²) in [5.41, 5.74) is -0.528. The monoisotopic (exact) mass is 337 g/mol. The smallest absolute Gasteiger partial charge is 0.274 e. The van der Waals surface area contributed by atoms with E-state index < -0.39 is 5.60 Å². The van der Waals surface area contributed by atoms with Crippen LogP contribution in [0.3, 0.4) is 0 Å². The zero-order valence-electron chi connectivity index (χ0n) is 10.7. The standard InChI is InChI=1S/C12H12BrN5O2/c1-12(20)6-17(7-12)11(19)9-2-3-10(16-15-9)18-5-8(13)4-14-18/h2-5,20H,6-7H2,1H3. The van der Waals surface area contributed by atoms with Gasteiger partial charge in [0.2, 0.25) is 0 Å². The molecular weight excluding hydrogens is 326 g/mol. The summed E-state index contributed by atoms with van der Waals surface area (Å²) in [7, 11) is 0. The number of amides is 1. The van der Waals surface area contributed by atoms with E-state index in [-0.39, 0.29) is 11.6 Å². The molecule has 7 nitrogen and oxygen atoms in total. The maximum absolute atomic E-state index is 12.0. The molecule has 3 heterocycles. The van der Waals surface area contributed by atoms with E-state index in [4.69, 9.17) is 0 Å². The van der Waals surface area contributed by atoms with Crippen molar-refractivity contribution in [1.29, 1.82) is 0 Å². The predicted molar refractivity (Wildman–Crippen MR) is 73.4 cm³/mol. The summed E-state index contributed by atoms with van der Waals surface area (Å²) in [5.74, 6) is 0.306. The van der Waals surface area contributed by atoms with Crippen LogP contribution in [0.4, 0.5) is 0 Å². The maximum Gasteiger partial charge on any atom is 0.274 e. The number of halogens is 1. The SMILES string of the molecule is CC1(O)CN(C(=O)c2ccc(-n3cc(Br)cn3)nn2)C1. The van der Waals surface area contributed by atoms with Crippen LogP contribution < -0.4 is 0 Å². The van der Waals surface area contributed by atoms with Crippen LogP contribution in [0, 0.1) is 0 Å². The van der Waals surface area contributed by atoms with Crippen molar-refractivity contribution in [1.82, 2.24) is 24.9 Å². The molecule has 0 radical (unpaired) electrons. The molecule has 104 valence electrons. The molecule has 8 heteroatoms. The number of nitrogens with zero attached hydrogens (tertiary/aromatic N) is 5. The Bertz CT molecular complexity index is 644. The van der Waals surface area contributed by atoms with Crippen molar-refractivity contribution in [3.8, 4) is 5.82 Å². The molecule has 1 aliphatic rings. The van der Waals surface area contributed by atoms with E-state index in [0.717, 1.165) is 4.47 Å². The number of carbonyl (C=O) groups excluding carboxylic acids is 1. The van der Waals surface area contributed by atoms with Crippen molar-refractivity contribution in [2.45, 2.75) is 12.5 Å². The Morgan fingerprint density at radius 2 is 2.15 bits per heavy atom. The zero-order chi connectivity index (χ0) is 14.3. The molecule has 2 aromatic rings. The fourth-order valence-electron chi connectivity index (χ4n) is 2.07. The Balaban J connectivity index is 1.75. The van der Waals surface area contributed by atoms with Gasteiger partial charge in [-0.05, 0) is 35.0 Å². The summed E-state index contributed by atoms with van der Waals surface area (Å²) in [6.07, 6.45) is 3.39. The van der Waals surface area contributed by atoms with Crippen molar-refractivity contribution < 1.29 is 9.90 Å². The summed E-state index contributed by atoms with van der Waals surface area (Å²) in [6.45, 7) is 2.34. The van der Waals surface area contributed by atoms with Gasteiger partial charge in [0.25, 0.3) is 5.91 Å². The number of hydrogen-bond donors (Lipinski definition) is 1. The van der Waals surface area contributed by atoms with Gasteiger partial charge in [0.05, 0.1) is 29.4 Å². The van der Waals surface area contributed by atoms with E-state index in [1.807, 2.05) is 0 Å². The molecule has 2 aromatic heterocycles. The highest BCUT2D eigenvalue weighted by molar-refractivity contribution is 9.10. The molecule has 0 spiro atoms. The van der Waals surface area contributed by atoms with Gasteiger partial charge in [-0.1, -0.05) is 0 Å². The molecule has 0 unspecified atom stereocenters. The van der Waals surface area contributed by atoms with Crippen LogP contribution in [-0.4, -0.2) is 54.6 Å². The second-order valence-corrected chi connectivity index (χ2v) is 5.95. The number of carbonyl (C=O) groups is 1. The number of rotatable bonds is 2. The molecule has 20 heavy (non-hydrogen) atoms. The van der Waals surface area contributed by atoms with E-state index in [0.29, 0.717) is 18.9 Å². The van der Waals surface area contributed by atoms with Gasteiger partial charge < -0.3 is 10.0 Å². The van der Waals surface area contributed by atoms with Crippen LogP contribution in [-0.2, 0) is 0 Å². The molecule has 3 rings (SSSR count). The lowest BCUT2D eigenvalue weighted by molar-refractivity contribution is -0.0671. The molecular formula is C12H12BrN5O2. The van der Waals surface area contributed by atoms with Gasteiger partial charge in [0, 0.05) is 6.20 Å². The minimum atomic E-state index is -0.787. The molecule has 1 aliphatic heterocycles. The Morgan fingerprint density at radius 3 is 2.65 bits per heavy atom. The van der Waals surface area contributed by atoms with Crippen LogP contribution in [0.2, 0.25) is 0 Å². The van der Waals surface area contributed by atoms with Gasteiger partial charge in [0.1, 0.15) is 0 Å². The first-order valence-electron chi connectivity index (χ1n) is 6.01. The fourth-order valence-corrected chi connectivity index (χ4v) is 2.35. The van der Waals surface area contributed by atoms with Crippen molar-refractivity contribution in [3.63, 3.8) is 0 Å². The first kappa shape index (κ1) is 13.2. The highest BCUT2D eigenvalue weighted by Gasteiger charge is 2.40. The molecule has 0 bridgehead atoms. The van der Waals surface area contributed by atoms with E-state index in [1.165, 1.54) is 4.90 Å².